The molecule has 8 heteroatoms. The second kappa shape index (κ2) is 8.19. The number of halogens is 2. The van der Waals surface area contributed by atoms with Gasteiger partial charge in [-0.25, -0.2) is 8.78 Å². The van der Waals surface area contributed by atoms with Gasteiger partial charge in [-0.15, -0.1) is 0 Å². The molecule has 136 valence electrons. The summed E-state index contributed by atoms with van der Waals surface area (Å²) in [5.41, 5.74) is -0.141. The molecule has 0 spiro atoms. The average molecular weight is 362 g/mol. The summed E-state index contributed by atoms with van der Waals surface area (Å²) in [7, 11) is 0. The van der Waals surface area contributed by atoms with Crippen molar-refractivity contribution >= 4 is 29.0 Å². The third-order valence-corrected chi connectivity index (χ3v) is 3.25. The van der Waals surface area contributed by atoms with Gasteiger partial charge >= 0.3 is 0 Å². The Morgan fingerprint density at radius 1 is 0.962 bits per heavy atom. The Morgan fingerprint density at radius 3 is 2.23 bits per heavy atom. The molecule has 0 atom stereocenters. The molecule has 0 radical (unpaired) electrons. The highest BCUT2D eigenvalue weighted by Gasteiger charge is 2.14. The van der Waals surface area contributed by atoms with Gasteiger partial charge in [0, 0.05) is 18.6 Å². The molecule has 2 N–H and O–H groups in total. The fraction of sp³-hybridized carbons (Fsp3) is 0.167. The highest BCUT2D eigenvalue weighted by molar-refractivity contribution is 5.95. The highest BCUT2D eigenvalue weighted by atomic mass is 19.1. The van der Waals surface area contributed by atoms with Crippen LogP contribution >= 0.6 is 0 Å². The van der Waals surface area contributed by atoms with Crippen molar-refractivity contribution in [2.75, 3.05) is 17.2 Å². The molecule has 0 aromatic heterocycles. The minimum absolute atomic E-state index is 0.154. The quantitative estimate of drug-likeness (QED) is 0.773. The predicted molar refractivity (Wildman–Crippen MR) is 91.2 cm³/mol. The Morgan fingerprint density at radius 2 is 1.62 bits per heavy atom. The van der Waals surface area contributed by atoms with Crippen molar-refractivity contribution in [3.05, 3.63) is 53.6 Å². The van der Waals surface area contributed by atoms with E-state index in [1.165, 1.54) is 19.9 Å². The second-order valence-electron chi connectivity index (χ2n) is 5.41. The number of ketones is 1. The van der Waals surface area contributed by atoms with Gasteiger partial charge in [-0.3, -0.25) is 14.4 Å². The molecule has 2 aromatic rings. The Hall–Kier alpha value is -3.29. The fourth-order valence-electron chi connectivity index (χ4n) is 2.07. The minimum atomic E-state index is -0.997. The summed E-state index contributed by atoms with van der Waals surface area (Å²) in [6.07, 6.45) is 0. The number of carbonyl (C=O) groups is 3. The first-order chi connectivity index (χ1) is 12.3. The van der Waals surface area contributed by atoms with Crippen molar-refractivity contribution in [2.24, 2.45) is 0 Å². The summed E-state index contributed by atoms with van der Waals surface area (Å²) < 4.78 is 32.6. The summed E-state index contributed by atoms with van der Waals surface area (Å²) in [5.74, 6) is -3.05. The van der Waals surface area contributed by atoms with E-state index in [4.69, 9.17) is 4.74 Å². The lowest BCUT2D eigenvalue weighted by Gasteiger charge is -2.11. The van der Waals surface area contributed by atoms with Crippen molar-refractivity contribution in [3.63, 3.8) is 0 Å². The van der Waals surface area contributed by atoms with Crippen molar-refractivity contribution in [1.29, 1.82) is 0 Å². The molecule has 2 aromatic carbocycles. The van der Waals surface area contributed by atoms with Crippen molar-refractivity contribution < 1.29 is 27.9 Å². The Kier molecular flexibility index (Phi) is 6.00. The summed E-state index contributed by atoms with van der Waals surface area (Å²) >= 11 is 0. The maximum Gasteiger partial charge on any atom is 0.262 e. The van der Waals surface area contributed by atoms with Gasteiger partial charge in [-0.1, -0.05) is 12.1 Å². The van der Waals surface area contributed by atoms with E-state index >= 15 is 0 Å². The molecule has 0 heterocycles. The van der Waals surface area contributed by atoms with Crippen LogP contribution in [0.4, 0.5) is 20.2 Å². The van der Waals surface area contributed by atoms with E-state index in [1.54, 1.807) is 18.2 Å². The first-order valence-electron chi connectivity index (χ1n) is 7.56. The van der Waals surface area contributed by atoms with Gasteiger partial charge < -0.3 is 15.4 Å². The SMILES string of the molecule is CC(=O)Nc1cc(NC(=O)COc2cccc(C(C)=O)c2)c(F)cc1F. The van der Waals surface area contributed by atoms with Gasteiger partial charge in [0.1, 0.15) is 17.4 Å². The molecule has 6 nitrogen and oxygen atoms in total. The maximum atomic E-state index is 13.8. The Balaban J connectivity index is 2.04. The average Bonchev–Trinajstić information content (AvgIpc) is 2.57. The first-order valence-corrected chi connectivity index (χ1v) is 7.56. The molecule has 0 saturated heterocycles. The molecule has 0 aliphatic carbocycles. The fourth-order valence-corrected chi connectivity index (χ4v) is 2.07. The van der Waals surface area contributed by atoms with Crippen molar-refractivity contribution in [3.8, 4) is 5.75 Å². The minimum Gasteiger partial charge on any atom is -0.484 e. The Bertz CT molecular complexity index is 868. The van der Waals surface area contributed by atoms with Gasteiger partial charge in [0.05, 0.1) is 11.4 Å². The van der Waals surface area contributed by atoms with E-state index in [9.17, 15) is 23.2 Å². The maximum absolute atomic E-state index is 13.8. The molecular formula is C18H16F2N2O4. The van der Waals surface area contributed by atoms with Crippen LogP contribution in [0.1, 0.15) is 24.2 Å². The highest BCUT2D eigenvalue weighted by Crippen LogP contribution is 2.23. The topological polar surface area (TPSA) is 84.5 Å². The number of benzene rings is 2. The number of rotatable bonds is 6. The van der Waals surface area contributed by atoms with E-state index in [0.717, 1.165) is 6.07 Å². The number of carbonyl (C=O) groups excluding carboxylic acids is 3. The molecule has 0 bridgehead atoms. The number of anilines is 2. The van der Waals surface area contributed by atoms with Crippen LogP contribution in [0.3, 0.4) is 0 Å². The summed E-state index contributed by atoms with van der Waals surface area (Å²) in [6.45, 7) is 2.12. The molecule has 2 amide bonds. The first kappa shape index (κ1) is 19.0. The predicted octanol–water partition coefficient (Wildman–Crippen LogP) is 3.14. The van der Waals surface area contributed by atoms with Gasteiger partial charge in [-0.2, -0.15) is 0 Å². The van der Waals surface area contributed by atoms with Crippen LogP contribution < -0.4 is 15.4 Å². The third kappa shape index (κ3) is 5.10. The number of nitrogens with one attached hydrogen (secondary N) is 2. The van der Waals surface area contributed by atoms with Gasteiger partial charge in [0.2, 0.25) is 5.91 Å². The van der Waals surface area contributed by atoms with Crippen LogP contribution in [0.25, 0.3) is 0 Å². The lowest BCUT2D eigenvalue weighted by Crippen LogP contribution is -2.21. The van der Waals surface area contributed by atoms with Crippen molar-refractivity contribution in [2.45, 2.75) is 13.8 Å². The van der Waals surface area contributed by atoms with E-state index in [-0.39, 0.29) is 17.2 Å². The molecule has 0 unspecified atom stereocenters. The standard InChI is InChI=1S/C18H16F2N2O4/c1-10(23)12-4-3-5-13(6-12)26-9-18(25)22-17-8-16(21-11(2)24)14(19)7-15(17)20/h3-8H,9H2,1-2H3,(H,21,24)(H,22,25). The van der Waals surface area contributed by atoms with Crippen molar-refractivity contribution in [1.82, 2.24) is 0 Å². The molecule has 0 saturated carbocycles. The number of hydrogen-bond acceptors (Lipinski definition) is 4. The van der Waals surface area contributed by atoms with Crippen LogP contribution in [0.2, 0.25) is 0 Å². The van der Waals surface area contributed by atoms with Crippen LogP contribution in [0.15, 0.2) is 36.4 Å². The number of Topliss-reactive ketones (excluding diaryl/α,β-unsaturated/α-hetero) is 1. The summed E-state index contributed by atoms with van der Waals surface area (Å²) in [4.78, 5) is 34.3. The van der Waals surface area contributed by atoms with Gasteiger partial charge in [0.15, 0.2) is 12.4 Å². The lowest BCUT2D eigenvalue weighted by atomic mass is 10.1. The van der Waals surface area contributed by atoms with Crippen LogP contribution in [-0.4, -0.2) is 24.2 Å². The number of hydrogen-bond donors (Lipinski definition) is 2. The summed E-state index contributed by atoms with van der Waals surface area (Å²) in [5, 5.41) is 4.43. The van der Waals surface area contributed by atoms with Gasteiger partial charge in [-0.05, 0) is 25.1 Å². The number of ether oxygens (including phenoxy) is 1. The Labute approximate surface area is 148 Å². The monoisotopic (exact) mass is 362 g/mol. The molecule has 0 fully saturated rings. The molecule has 0 aliphatic heterocycles. The number of amides is 2. The molecule has 2 rings (SSSR count). The zero-order valence-electron chi connectivity index (χ0n) is 14.1. The molecule has 0 aliphatic rings. The smallest absolute Gasteiger partial charge is 0.262 e. The zero-order valence-corrected chi connectivity index (χ0v) is 14.1. The van der Waals surface area contributed by atoms with E-state index < -0.39 is 30.1 Å². The second-order valence-corrected chi connectivity index (χ2v) is 5.41. The van der Waals surface area contributed by atoms with Crippen LogP contribution in [0.5, 0.6) is 5.75 Å². The summed E-state index contributed by atoms with van der Waals surface area (Å²) in [6, 6.07) is 7.77. The van der Waals surface area contributed by atoms with Crippen LogP contribution in [0, 0.1) is 11.6 Å². The van der Waals surface area contributed by atoms with E-state index in [0.29, 0.717) is 17.4 Å². The zero-order chi connectivity index (χ0) is 19.3. The van der Waals surface area contributed by atoms with E-state index in [1.807, 2.05) is 0 Å². The normalized spacial score (nSPS) is 10.2. The third-order valence-electron chi connectivity index (χ3n) is 3.25. The molecule has 26 heavy (non-hydrogen) atoms. The molecular weight excluding hydrogens is 346 g/mol. The lowest BCUT2D eigenvalue weighted by molar-refractivity contribution is -0.118. The largest absolute Gasteiger partial charge is 0.484 e. The van der Waals surface area contributed by atoms with Gasteiger partial charge in [0.25, 0.3) is 5.91 Å². The van der Waals surface area contributed by atoms with Crippen LogP contribution in [-0.2, 0) is 9.59 Å². The van der Waals surface area contributed by atoms with E-state index in [2.05, 4.69) is 10.6 Å².